The summed E-state index contributed by atoms with van der Waals surface area (Å²) in [5.74, 6) is 0.153. The summed E-state index contributed by atoms with van der Waals surface area (Å²) in [6.07, 6.45) is 1.67. The molecule has 3 atom stereocenters. The first-order valence-electron chi connectivity index (χ1n) is 11.6. The van der Waals surface area contributed by atoms with Gasteiger partial charge in [-0.05, 0) is 58.3 Å². The topological polar surface area (TPSA) is 83.3 Å². The van der Waals surface area contributed by atoms with Gasteiger partial charge in [0.1, 0.15) is 6.10 Å². The van der Waals surface area contributed by atoms with Gasteiger partial charge in [-0.15, -0.1) is 0 Å². The monoisotopic (exact) mass is 465 g/mol. The van der Waals surface area contributed by atoms with Gasteiger partial charge in [-0.1, -0.05) is 27.2 Å². The first kappa shape index (κ1) is 31.8. The van der Waals surface area contributed by atoms with Gasteiger partial charge >= 0.3 is 18.1 Å². The zero-order valence-corrected chi connectivity index (χ0v) is 21.3. The second kappa shape index (κ2) is 18.3. The summed E-state index contributed by atoms with van der Waals surface area (Å²) < 4.78 is 14.5. The Labute approximate surface area is 195 Å². The number of hydrogen-bond donors (Lipinski definition) is 1. The van der Waals surface area contributed by atoms with Crippen molar-refractivity contribution < 1.29 is 45.9 Å². The maximum Gasteiger partial charge on any atom is 0.516 e. The SMILES string of the molecule is CCOC(=O)OC(=O)CCC(=O)OC1CC(C)CCC1C(C)C.CC[NH+](CC)CC.[Cl-]. The van der Waals surface area contributed by atoms with Crippen LogP contribution in [0.3, 0.4) is 0 Å². The maximum absolute atomic E-state index is 12.0. The van der Waals surface area contributed by atoms with Crippen LogP contribution in [0.2, 0.25) is 0 Å². The molecule has 0 aromatic rings. The summed E-state index contributed by atoms with van der Waals surface area (Å²) in [6.45, 7) is 18.7. The second-order valence-corrected chi connectivity index (χ2v) is 8.32. The summed E-state index contributed by atoms with van der Waals surface area (Å²) in [7, 11) is 0. The molecule has 1 aliphatic rings. The van der Waals surface area contributed by atoms with Crippen molar-refractivity contribution in [1.82, 2.24) is 0 Å². The van der Waals surface area contributed by atoms with Crippen LogP contribution in [0, 0.1) is 17.8 Å². The molecule has 0 bridgehead atoms. The van der Waals surface area contributed by atoms with Gasteiger partial charge in [0.05, 0.1) is 39.1 Å². The zero-order valence-electron chi connectivity index (χ0n) is 20.5. The molecule has 0 aromatic carbocycles. The van der Waals surface area contributed by atoms with Gasteiger partial charge in [0.15, 0.2) is 0 Å². The fourth-order valence-electron chi connectivity index (χ4n) is 3.72. The summed E-state index contributed by atoms with van der Waals surface area (Å²) in [6, 6.07) is 0. The number of nitrogens with one attached hydrogen (secondary N) is 1. The average molecular weight is 466 g/mol. The first-order chi connectivity index (χ1) is 14.2. The number of hydrogen-bond acceptors (Lipinski definition) is 6. The number of ether oxygens (including phenoxy) is 3. The van der Waals surface area contributed by atoms with Crippen LogP contribution in [0.1, 0.15) is 80.6 Å². The smallest absolute Gasteiger partial charge is 0.516 e. The lowest BCUT2D eigenvalue weighted by Crippen LogP contribution is -3.11. The minimum atomic E-state index is -1.04. The van der Waals surface area contributed by atoms with Gasteiger partial charge in [-0.3, -0.25) is 9.59 Å². The van der Waals surface area contributed by atoms with Gasteiger partial charge < -0.3 is 31.5 Å². The maximum atomic E-state index is 12.0. The normalized spacial score (nSPS) is 20.2. The standard InChI is InChI=1S/C17H28O6.C6H15N.ClH/c1-5-21-17(20)23-16(19)9-8-15(18)22-14-10-12(4)6-7-13(14)11(2)3;1-4-7(5-2)6-3;/h11-14H,5-10H2,1-4H3;4-6H2,1-3H3;1H. The molecule has 0 heterocycles. The largest absolute Gasteiger partial charge is 1.00 e. The highest BCUT2D eigenvalue weighted by Gasteiger charge is 2.33. The first-order valence-corrected chi connectivity index (χ1v) is 11.6. The summed E-state index contributed by atoms with van der Waals surface area (Å²) >= 11 is 0. The molecule has 31 heavy (non-hydrogen) atoms. The third kappa shape index (κ3) is 14.4. The van der Waals surface area contributed by atoms with Crippen molar-refractivity contribution in [2.24, 2.45) is 17.8 Å². The Balaban J connectivity index is 0. The van der Waals surface area contributed by atoms with Gasteiger partial charge in [-0.25, -0.2) is 4.79 Å². The van der Waals surface area contributed by atoms with E-state index >= 15 is 0 Å². The van der Waals surface area contributed by atoms with Crippen LogP contribution in [0.15, 0.2) is 0 Å². The Kier molecular flexibility index (Phi) is 18.7. The molecule has 0 aliphatic heterocycles. The Morgan fingerprint density at radius 1 is 0.935 bits per heavy atom. The summed E-state index contributed by atoms with van der Waals surface area (Å²) in [4.78, 5) is 36.0. The molecule has 1 saturated carbocycles. The van der Waals surface area contributed by atoms with E-state index in [1.807, 2.05) is 0 Å². The molecule has 3 unspecified atom stereocenters. The fraction of sp³-hybridized carbons (Fsp3) is 0.870. The number of esters is 2. The Morgan fingerprint density at radius 2 is 1.48 bits per heavy atom. The molecule has 1 fully saturated rings. The highest BCUT2D eigenvalue weighted by Crippen LogP contribution is 2.35. The van der Waals surface area contributed by atoms with E-state index in [1.165, 1.54) is 19.6 Å². The van der Waals surface area contributed by atoms with Gasteiger partial charge in [0.2, 0.25) is 0 Å². The van der Waals surface area contributed by atoms with E-state index in [-0.39, 0.29) is 38.0 Å². The predicted molar refractivity (Wildman–Crippen MR) is 116 cm³/mol. The minimum absolute atomic E-state index is 0. The molecule has 0 radical (unpaired) electrons. The molecule has 7 nitrogen and oxygen atoms in total. The lowest BCUT2D eigenvalue weighted by molar-refractivity contribution is -0.894. The van der Waals surface area contributed by atoms with Crippen molar-refractivity contribution in [1.29, 1.82) is 0 Å². The van der Waals surface area contributed by atoms with Crippen molar-refractivity contribution in [2.45, 2.75) is 86.7 Å². The Bertz CT molecular complexity index is 505. The molecule has 1 rings (SSSR count). The lowest BCUT2D eigenvalue weighted by Gasteiger charge is -2.36. The van der Waals surface area contributed by atoms with Gasteiger partial charge in [-0.2, -0.15) is 0 Å². The second-order valence-electron chi connectivity index (χ2n) is 8.32. The zero-order chi connectivity index (χ0) is 23.1. The fourth-order valence-corrected chi connectivity index (χ4v) is 3.72. The molecule has 0 saturated heterocycles. The predicted octanol–water partition coefficient (Wildman–Crippen LogP) is 0.405. The molecule has 0 amide bonds. The minimum Gasteiger partial charge on any atom is -1.00 e. The van der Waals surface area contributed by atoms with E-state index in [9.17, 15) is 14.4 Å². The van der Waals surface area contributed by atoms with E-state index in [0.29, 0.717) is 17.8 Å². The van der Waals surface area contributed by atoms with E-state index < -0.39 is 18.1 Å². The van der Waals surface area contributed by atoms with Crippen LogP contribution in [-0.4, -0.2) is 50.4 Å². The van der Waals surface area contributed by atoms with Crippen LogP contribution in [0.4, 0.5) is 4.79 Å². The Morgan fingerprint density at radius 3 is 1.94 bits per heavy atom. The number of halogens is 1. The van der Waals surface area contributed by atoms with Crippen molar-refractivity contribution in [3.8, 4) is 0 Å². The number of quaternary nitrogens is 1. The molecular weight excluding hydrogens is 422 g/mol. The van der Waals surface area contributed by atoms with E-state index in [4.69, 9.17) is 4.74 Å². The van der Waals surface area contributed by atoms with Gasteiger partial charge in [0.25, 0.3) is 0 Å². The number of carbonyl (C=O) groups excluding carboxylic acids is 3. The van der Waals surface area contributed by atoms with Crippen molar-refractivity contribution in [3.05, 3.63) is 0 Å². The van der Waals surface area contributed by atoms with Crippen LogP contribution < -0.4 is 17.3 Å². The molecule has 1 N–H and O–H groups in total. The highest BCUT2D eigenvalue weighted by atomic mass is 35.5. The summed E-state index contributed by atoms with van der Waals surface area (Å²) in [5.41, 5.74) is 0. The highest BCUT2D eigenvalue weighted by molar-refractivity contribution is 5.84. The van der Waals surface area contributed by atoms with Crippen LogP contribution in [-0.2, 0) is 23.8 Å². The number of carbonyl (C=O) groups is 3. The van der Waals surface area contributed by atoms with Crippen molar-refractivity contribution >= 4 is 18.1 Å². The molecule has 8 heteroatoms. The van der Waals surface area contributed by atoms with E-state index in [1.54, 1.807) is 11.8 Å². The van der Waals surface area contributed by atoms with E-state index in [0.717, 1.165) is 19.3 Å². The molecule has 0 spiro atoms. The third-order valence-corrected chi connectivity index (χ3v) is 5.74. The van der Waals surface area contributed by atoms with Gasteiger partial charge in [0, 0.05) is 0 Å². The van der Waals surface area contributed by atoms with Crippen LogP contribution in [0.25, 0.3) is 0 Å². The molecule has 0 aromatic heterocycles. The molecular formula is C23H44ClNO6. The molecule has 1 aliphatic carbocycles. The van der Waals surface area contributed by atoms with Crippen LogP contribution in [0.5, 0.6) is 0 Å². The lowest BCUT2D eigenvalue weighted by atomic mass is 9.75. The van der Waals surface area contributed by atoms with Crippen LogP contribution >= 0.6 is 0 Å². The molecule has 184 valence electrons. The Hall–Kier alpha value is -1.34. The third-order valence-electron chi connectivity index (χ3n) is 5.74. The average Bonchev–Trinajstić information content (AvgIpc) is 2.68. The number of rotatable bonds is 9. The summed E-state index contributed by atoms with van der Waals surface area (Å²) in [5, 5.41) is 0. The van der Waals surface area contributed by atoms with Crippen molar-refractivity contribution in [3.63, 3.8) is 0 Å². The quantitative estimate of drug-likeness (QED) is 0.392. The van der Waals surface area contributed by atoms with Crippen molar-refractivity contribution in [2.75, 3.05) is 26.2 Å². The van der Waals surface area contributed by atoms with E-state index in [2.05, 4.69) is 51.0 Å².